The van der Waals surface area contributed by atoms with Gasteiger partial charge in [0.2, 0.25) is 0 Å². The van der Waals surface area contributed by atoms with Gasteiger partial charge >= 0.3 is 0 Å². The third kappa shape index (κ3) is 2.41. The molecule has 0 aliphatic heterocycles. The zero-order chi connectivity index (χ0) is 10.7. The van der Waals surface area contributed by atoms with E-state index < -0.39 is 0 Å². The van der Waals surface area contributed by atoms with Crippen molar-refractivity contribution in [1.29, 1.82) is 0 Å². The summed E-state index contributed by atoms with van der Waals surface area (Å²) in [6, 6.07) is 8.20. The quantitative estimate of drug-likeness (QED) is 0.815. The van der Waals surface area contributed by atoms with Crippen molar-refractivity contribution in [2.24, 2.45) is 5.73 Å². The normalized spacial score (nSPS) is 12.7. The molecule has 0 saturated carbocycles. The van der Waals surface area contributed by atoms with Crippen LogP contribution in [-0.2, 0) is 6.54 Å². The van der Waals surface area contributed by atoms with E-state index in [0.29, 0.717) is 6.54 Å². The molecule has 1 atom stereocenters. The summed E-state index contributed by atoms with van der Waals surface area (Å²) in [7, 11) is 0. The van der Waals surface area contributed by atoms with Crippen molar-refractivity contribution < 1.29 is 0 Å². The molecule has 0 bridgehead atoms. The first-order chi connectivity index (χ1) is 7.25. The fourth-order valence-corrected chi connectivity index (χ4v) is 1.45. The Morgan fingerprint density at radius 2 is 2.07 bits per heavy atom. The zero-order valence-corrected chi connectivity index (χ0v) is 8.67. The second-order valence-electron chi connectivity index (χ2n) is 3.63. The van der Waals surface area contributed by atoms with Crippen LogP contribution in [-0.4, -0.2) is 14.8 Å². The van der Waals surface area contributed by atoms with Crippen LogP contribution in [0.2, 0.25) is 0 Å². The molecular formula is C11H14N4. The predicted molar refractivity (Wildman–Crippen MR) is 58.1 cm³/mol. The molecule has 15 heavy (non-hydrogen) atoms. The Balaban J connectivity index is 2.08. The molecule has 0 aliphatic rings. The lowest BCUT2D eigenvalue weighted by Gasteiger charge is -2.11. The van der Waals surface area contributed by atoms with Gasteiger partial charge in [-0.15, -0.1) is 0 Å². The number of aryl methyl sites for hydroxylation is 1. The zero-order valence-electron chi connectivity index (χ0n) is 8.67. The van der Waals surface area contributed by atoms with Crippen molar-refractivity contribution in [3.8, 4) is 0 Å². The van der Waals surface area contributed by atoms with Crippen molar-refractivity contribution in [2.45, 2.75) is 19.5 Å². The highest BCUT2D eigenvalue weighted by Crippen LogP contribution is 2.12. The smallest absolute Gasteiger partial charge is 0.137 e. The fraction of sp³-hybridized carbons (Fsp3) is 0.273. The number of nitrogens with two attached hydrogens (primary N) is 1. The standard InChI is InChI=1S/C11H14N4/c1-9-2-4-10(5-3-9)11(12)6-15-8-13-7-14-15/h2-5,7-8,11H,6,12H2,1H3. The number of benzene rings is 1. The van der Waals surface area contributed by atoms with E-state index in [-0.39, 0.29) is 6.04 Å². The average molecular weight is 202 g/mol. The number of hydrogen-bond acceptors (Lipinski definition) is 3. The molecule has 0 fully saturated rings. The molecular weight excluding hydrogens is 188 g/mol. The largest absolute Gasteiger partial charge is 0.322 e. The molecule has 1 aromatic carbocycles. The highest BCUT2D eigenvalue weighted by Gasteiger charge is 2.06. The summed E-state index contributed by atoms with van der Waals surface area (Å²) in [5.74, 6) is 0. The topological polar surface area (TPSA) is 56.7 Å². The lowest BCUT2D eigenvalue weighted by Crippen LogP contribution is -2.17. The average Bonchev–Trinajstić information content (AvgIpc) is 2.71. The van der Waals surface area contributed by atoms with Crippen LogP contribution in [0, 0.1) is 6.92 Å². The van der Waals surface area contributed by atoms with Crippen LogP contribution >= 0.6 is 0 Å². The Labute approximate surface area is 88.8 Å². The molecule has 4 nitrogen and oxygen atoms in total. The van der Waals surface area contributed by atoms with Gasteiger partial charge in [-0.05, 0) is 12.5 Å². The van der Waals surface area contributed by atoms with Crippen LogP contribution in [0.1, 0.15) is 17.2 Å². The van der Waals surface area contributed by atoms with E-state index in [1.807, 2.05) is 0 Å². The van der Waals surface area contributed by atoms with E-state index in [1.54, 1.807) is 11.0 Å². The highest BCUT2D eigenvalue weighted by molar-refractivity contribution is 5.23. The van der Waals surface area contributed by atoms with E-state index in [9.17, 15) is 0 Å². The van der Waals surface area contributed by atoms with Gasteiger partial charge in [0, 0.05) is 6.04 Å². The molecule has 1 aromatic heterocycles. The van der Waals surface area contributed by atoms with Gasteiger partial charge in [-0.3, -0.25) is 4.68 Å². The Hall–Kier alpha value is -1.68. The number of hydrogen-bond donors (Lipinski definition) is 1. The van der Waals surface area contributed by atoms with Crippen LogP contribution in [0.15, 0.2) is 36.9 Å². The van der Waals surface area contributed by atoms with E-state index in [4.69, 9.17) is 5.73 Å². The van der Waals surface area contributed by atoms with Gasteiger partial charge in [0.15, 0.2) is 0 Å². The highest BCUT2D eigenvalue weighted by atomic mass is 15.3. The van der Waals surface area contributed by atoms with E-state index in [1.165, 1.54) is 11.9 Å². The summed E-state index contributed by atoms with van der Waals surface area (Å²) in [4.78, 5) is 3.88. The summed E-state index contributed by atoms with van der Waals surface area (Å²) in [6.45, 7) is 2.72. The van der Waals surface area contributed by atoms with Gasteiger partial charge in [-0.1, -0.05) is 29.8 Å². The molecule has 1 heterocycles. The van der Waals surface area contributed by atoms with E-state index >= 15 is 0 Å². The molecule has 78 valence electrons. The molecule has 0 radical (unpaired) electrons. The molecule has 2 rings (SSSR count). The fourth-order valence-electron chi connectivity index (χ4n) is 1.45. The molecule has 0 saturated heterocycles. The lowest BCUT2D eigenvalue weighted by molar-refractivity contribution is 0.526. The monoisotopic (exact) mass is 202 g/mol. The SMILES string of the molecule is Cc1ccc(C(N)Cn2cncn2)cc1. The minimum Gasteiger partial charge on any atom is -0.322 e. The maximum Gasteiger partial charge on any atom is 0.137 e. The Morgan fingerprint density at radius 3 is 2.67 bits per heavy atom. The summed E-state index contributed by atoms with van der Waals surface area (Å²) in [6.07, 6.45) is 3.19. The molecule has 0 aliphatic carbocycles. The van der Waals surface area contributed by atoms with Crippen molar-refractivity contribution >= 4 is 0 Å². The molecule has 1 unspecified atom stereocenters. The Kier molecular flexibility index (Phi) is 2.78. The second-order valence-corrected chi connectivity index (χ2v) is 3.63. The summed E-state index contributed by atoms with van der Waals surface area (Å²) in [5.41, 5.74) is 8.41. The van der Waals surface area contributed by atoms with Gasteiger partial charge in [-0.25, -0.2) is 4.98 Å². The number of aromatic nitrogens is 3. The first-order valence-electron chi connectivity index (χ1n) is 4.90. The minimum absolute atomic E-state index is 0.0349. The summed E-state index contributed by atoms with van der Waals surface area (Å²) < 4.78 is 1.74. The maximum absolute atomic E-state index is 6.05. The van der Waals surface area contributed by atoms with Crippen molar-refractivity contribution in [3.05, 3.63) is 48.0 Å². The molecule has 2 N–H and O–H groups in total. The van der Waals surface area contributed by atoms with Gasteiger partial charge in [0.25, 0.3) is 0 Å². The van der Waals surface area contributed by atoms with Crippen LogP contribution in [0.4, 0.5) is 0 Å². The predicted octanol–water partition coefficient (Wildman–Crippen LogP) is 1.29. The molecule has 4 heteroatoms. The van der Waals surface area contributed by atoms with Crippen LogP contribution < -0.4 is 5.73 Å². The molecule has 0 spiro atoms. The van der Waals surface area contributed by atoms with Crippen molar-refractivity contribution in [1.82, 2.24) is 14.8 Å². The second kappa shape index (κ2) is 4.23. The molecule has 0 amide bonds. The third-order valence-electron chi connectivity index (χ3n) is 2.36. The minimum atomic E-state index is -0.0349. The summed E-state index contributed by atoms with van der Waals surface area (Å²) in [5, 5.41) is 4.02. The molecule has 2 aromatic rings. The lowest BCUT2D eigenvalue weighted by atomic mass is 10.1. The van der Waals surface area contributed by atoms with Crippen LogP contribution in [0.5, 0.6) is 0 Å². The third-order valence-corrected chi connectivity index (χ3v) is 2.36. The number of rotatable bonds is 3. The van der Waals surface area contributed by atoms with Gasteiger partial charge in [-0.2, -0.15) is 5.10 Å². The Bertz CT molecular complexity index is 405. The van der Waals surface area contributed by atoms with E-state index in [2.05, 4.69) is 41.3 Å². The van der Waals surface area contributed by atoms with Crippen LogP contribution in [0.25, 0.3) is 0 Å². The maximum atomic E-state index is 6.05. The Morgan fingerprint density at radius 1 is 1.33 bits per heavy atom. The van der Waals surface area contributed by atoms with Gasteiger partial charge in [0.05, 0.1) is 6.54 Å². The number of nitrogens with zero attached hydrogens (tertiary/aromatic N) is 3. The van der Waals surface area contributed by atoms with Gasteiger partial charge in [0.1, 0.15) is 12.7 Å². The summed E-state index contributed by atoms with van der Waals surface area (Å²) >= 11 is 0. The first kappa shape index (κ1) is 9.86. The van der Waals surface area contributed by atoms with Crippen LogP contribution in [0.3, 0.4) is 0 Å². The van der Waals surface area contributed by atoms with Crippen molar-refractivity contribution in [2.75, 3.05) is 0 Å². The van der Waals surface area contributed by atoms with Crippen molar-refractivity contribution in [3.63, 3.8) is 0 Å². The van der Waals surface area contributed by atoms with Gasteiger partial charge < -0.3 is 5.73 Å². The first-order valence-corrected chi connectivity index (χ1v) is 4.90. The van der Waals surface area contributed by atoms with E-state index in [0.717, 1.165) is 5.56 Å².